The number of rotatable bonds is 2. The standard InChI is InChI=1S/C11H8Cl2N2/c12-8-3-5-9(6-4-8)15-11-10(13)2-1-7-14-11/h1-7H,(H,14,15). The summed E-state index contributed by atoms with van der Waals surface area (Å²) in [5.41, 5.74) is 0.903. The number of nitrogens with zero attached hydrogens (tertiary/aromatic N) is 1. The van der Waals surface area contributed by atoms with Crippen molar-refractivity contribution < 1.29 is 0 Å². The van der Waals surface area contributed by atoms with Gasteiger partial charge >= 0.3 is 0 Å². The van der Waals surface area contributed by atoms with Gasteiger partial charge in [0.05, 0.1) is 5.02 Å². The largest absolute Gasteiger partial charge is 0.339 e. The first-order valence-corrected chi connectivity index (χ1v) is 5.14. The number of aromatic nitrogens is 1. The van der Waals surface area contributed by atoms with E-state index in [2.05, 4.69) is 10.3 Å². The molecule has 15 heavy (non-hydrogen) atoms. The van der Waals surface area contributed by atoms with Crippen LogP contribution in [-0.2, 0) is 0 Å². The van der Waals surface area contributed by atoms with Gasteiger partial charge in [-0.25, -0.2) is 4.98 Å². The topological polar surface area (TPSA) is 24.9 Å². The number of hydrogen-bond acceptors (Lipinski definition) is 2. The molecule has 0 aliphatic heterocycles. The Labute approximate surface area is 97.9 Å². The van der Waals surface area contributed by atoms with E-state index >= 15 is 0 Å². The molecular formula is C11H8Cl2N2. The van der Waals surface area contributed by atoms with Crippen molar-refractivity contribution in [3.63, 3.8) is 0 Å². The van der Waals surface area contributed by atoms with Crippen LogP contribution in [0.4, 0.5) is 11.5 Å². The summed E-state index contributed by atoms with van der Waals surface area (Å²) in [7, 11) is 0. The van der Waals surface area contributed by atoms with Crippen molar-refractivity contribution in [1.82, 2.24) is 4.98 Å². The second kappa shape index (κ2) is 4.51. The van der Waals surface area contributed by atoms with E-state index in [9.17, 15) is 0 Å². The van der Waals surface area contributed by atoms with E-state index in [1.807, 2.05) is 12.1 Å². The van der Waals surface area contributed by atoms with Crippen molar-refractivity contribution in [3.05, 3.63) is 52.6 Å². The average molecular weight is 239 g/mol. The van der Waals surface area contributed by atoms with Crippen LogP contribution in [0.2, 0.25) is 10.0 Å². The summed E-state index contributed by atoms with van der Waals surface area (Å²) in [6.07, 6.45) is 1.68. The summed E-state index contributed by atoms with van der Waals surface area (Å²) in [5.74, 6) is 0.640. The summed E-state index contributed by atoms with van der Waals surface area (Å²) >= 11 is 11.7. The van der Waals surface area contributed by atoms with Crippen LogP contribution < -0.4 is 5.32 Å². The quantitative estimate of drug-likeness (QED) is 0.852. The first-order chi connectivity index (χ1) is 7.25. The predicted molar refractivity (Wildman–Crippen MR) is 64.0 cm³/mol. The highest BCUT2D eigenvalue weighted by Gasteiger charge is 2.00. The SMILES string of the molecule is Clc1ccc(Nc2ncccc2Cl)cc1. The normalized spacial score (nSPS) is 10.0. The fraction of sp³-hybridized carbons (Fsp3) is 0. The van der Waals surface area contributed by atoms with Gasteiger partial charge in [0.2, 0.25) is 0 Å². The molecule has 0 saturated carbocycles. The monoisotopic (exact) mass is 238 g/mol. The molecule has 0 fully saturated rings. The molecule has 0 unspecified atom stereocenters. The molecule has 1 aromatic heterocycles. The molecule has 0 aliphatic rings. The smallest absolute Gasteiger partial charge is 0.149 e. The maximum atomic E-state index is 5.95. The Morgan fingerprint density at radius 2 is 1.73 bits per heavy atom. The van der Waals surface area contributed by atoms with Crippen LogP contribution in [0, 0.1) is 0 Å². The maximum absolute atomic E-state index is 5.95. The van der Waals surface area contributed by atoms with Gasteiger partial charge in [-0.3, -0.25) is 0 Å². The van der Waals surface area contributed by atoms with Crippen LogP contribution in [0.25, 0.3) is 0 Å². The fourth-order valence-electron chi connectivity index (χ4n) is 1.15. The Hall–Kier alpha value is -1.25. The van der Waals surface area contributed by atoms with Crippen molar-refractivity contribution in [2.45, 2.75) is 0 Å². The zero-order valence-electron chi connectivity index (χ0n) is 7.74. The van der Waals surface area contributed by atoms with Crippen LogP contribution in [0.15, 0.2) is 42.6 Å². The Kier molecular flexibility index (Phi) is 3.09. The number of anilines is 2. The Morgan fingerprint density at radius 3 is 2.40 bits per heavy atom. The molecule has 0 aliphatic carbocycles. The lowest BCUT2D eigenvalue weighted by atomic mass is 10.3. The molecule has 4 heteroatoms. The highest BCUT2D eigenvalue weighted by Crippen LogP contribution is 2.23. The van der Waals surface area contributed by atoms with Gasteiger partial charge in [0.15, 0.2) is 0 Å². The molecular weight excluding hydrogens is 231 g/mol. The molecule has 2 nitrogen and oxygen atoms in total. The molecule has 0 saturated heterocycles. The second-order valence-corrected chi connectivity index (χ2v) is 3.81. The Bertz CT molecular complexity index is 454. The number of halogens is 2. The molecule has 0 bridgehead atoms. The van der Waals surface area contributed by atoms with Gasteiger partial charge in [-0.1, -0.05) is 23.2 Å². The Balaban J connectivity index is 2.22. The third kappa shape index (κ3) is 2.61. The van der Waals surface area contributed by atoms with Crippen LogP contribution in [-0.4, -0.2) is 4.98 Å². The van der Waals surface area contributed by atoms with E-state index in [4.69, 9.17) is 23.2 Å². The van der Waals surface area contributed by atoms with E-state index in [-0.39, 0.29) is 0 Å². The summed E-state index contributed by atoms with van der Waals surface area (Å²) in [4.78, 5) is 4.12. The van der Waals surface area contributed by atoms with Crippen molar-refractivity contribution in [3.8, 4) is 0 Å². The van der Waals surface area contributed by atoms with Crippen LogP contribution >= 0.6 is 23.2 Å². The summed E-state index contributed by atoms with van der Waals surface area (Å²) in [6, 6.07) is 10.9. The minimum absolute atomic E-state index is 0.590. The molecule has 1 heterocycles. The van der Waals surface area contributed by atoms with Crippen LogP contribution in [0.1, 0.15) is 0 Å². The van der Waals surface area contributed by atoms with E-state index in [1.165, 1.54) is 0 Å². The van der Waals surface area contributed by atoms with E-state index in [0.717, 1.165) is 5.69 Å². The molecule has 1 aromatic carbocycles. The molecule has 76 valence electrons. The summed E-state index contributed by atoms with van der Waals surface area (Å²) in [6.45, 7) is 0. The fourth-order valence-corrected chi connectivity index (χ4v) is 1.44. The van der Waals surface area contributed by atoms with Gasteiger partial charge in [0, 0.05) is 16.9 Å². The van der Waals surface area contributed by atoms with E-state index in [1.54, 1.807) is 30.5 Å². The van der Waals surface area contributed by atoms with Crippen LogP contribution in [0.5, 0.6) is 0 Å². The number of nitrogens with one attached hydrogen (secondary N) is 1. The van der Waals surface area contributed by atoms with Gasteiger partial charge in [-0.05, 0) is 36.4 Å². The second-order valence-electron chi connectivity index (χ2n) is 2.97. The Morgan fingerprint density at radius 1 is 1.00 bits per heavy atom. The summed E-state index contributed by atoms with van der Waals surface area (Å²) < 4.78 is 0. The molecule has 2 aromatic rings. The zero-order chi connectivity index (χ0) is 10.7. The van der Waals surface area contributed by atoms with Crippen molar-refractivity contribution in [2.24, 2.45) is 0 Å². The van der Waals surface area contributed by atoms with Gasteiger partial charge in [0.25, 0.3) is 0 Å². The van der Waals surface area contributed by atoms with Crippen molar-refractivity contribution in [1.29, 1.82) is 0 Å². The molecule has 0 amide bonds. The first-order valence-electron chi connectivity index (χ1n) is 4.39. The molecule has 2 rings (SSSR count). The van der Waals surface area contributed by atoms with Crippen molar-refractivity contribution in [2.75, 3.05) is 5.32 Å². The highest BCUT2D eigenvalue weighted by atomic mass is 35.5. The predicted octanol–water partition coefficient (Wildman–Crippen LogP) is 4.13. The van der Waals surface area contributed by atoms with Gasteiger partial charge in [0.1, 0.15) is 5.82 Å². The minimum atomic E-state index is 0.590. The lowest BCUT2D eigenvalue weighted by Gasteiger charge is -2.06. The van der Waals surface area contributed by atoms with Crippen molar-refractivity contribution >= 4 is 34.7 Å². The lowest BCUT2D eigenvalue weighted by molar-refractivity contribution is 1.31. The number of benzene rings is 1. The molecule has 0 radical (unpaired) electrons. The van der Waals surface area contributed by atoms with Crippen LogP contribution in [0.3, 0.4) is 0 Å². The van der Waals surface area contributed by atoms with E-state index < -0.39 is 0 Å². The molecule has 0 atom stereocenters. The average Bonchev–Trinajstić information content (AvgIpc) is 2.25. The van der Waals surface area contributed by atoms with Gasteiger partial charge < -0.3 is 5.32 Å². The molecule has 0 spiro atoms. The highest BCUT2D eigenvalue weighted by molar-refractivity contribution is 6.33. The van der Waals surface area contributed by atoms with E-state index in [0.29, 0.717) is 15.9 Å². The maximum Gasteiger partial charge on any atom is 0.149 e. The first kappa shape index (κ1) is 10.3. The van der Waals surface area contributed by atoms with Gasteiger partial charge in [-0.15, -0.1) is 0 Å². The third-order valence-electron chi connectivity index (χ3n) is 1.87. The summed E-state index contributed by atoms with van der Waals surface area (Å²) in [5, 5.41) is 4.39. The third-order valence-corrected chi connectivity index (χ3v) is 2.42. The molecule has 1 N–H and O–H groups in total. The minimum Gasteiger partial charge on any atom is -0.339 e. The number of pyridine rings is 1. The van der Waals surface area contributed by atoms with Gasteiger partial charge in [-0.2, -0.15) is 0 Å². The number of hydrogen-bond donors (Lipinski definition) is 1. The zero-order valence-corrected chi connectivity index (χ0v) is 9.26. The lowest BCUT2D eigenvalue weighted by Crippen LogP contribution is -1.93.